The molecule has 4 unspecified atom stereocenters. The van der Waals surface area contributed by atoms with Crippen LogP contribution in [0.5, 0.6) is 0 Å². The maximum absolute atomic E-state index is 15.2. The van der Waals surface area contributed by atoms with Crippen molar-refractivity contribution < 1.29 is 27.1 Å². The molecule has 0 aliphatic heterocycles. The Balaban J connectivity index is 1.49. The summed E-state index contributed by atoms with van der Waals surface area (Å²) in [4.78, 5) is 12.5. The number of sulfone groups is 1. The van der Waals surface area contributed by atoms with E-state index in [0.29, 0.717) is 32.1 Å². The molecule has 0 amide bonds. The normalized spacial score (nSPS) is 35.8. The first-order valence-corrected chi connectivity index (χ1v) is 14.9. The topological polar surface area (TPSA) is 71.4 Å². The zero-order valence-electron chi connectivity index (χ0n) is 21.0. The predicted octanol–water partition coefficient (Wildman–Crippen LogP) is 5.52. The molecular formula is C30H32F2O4S. The van der Waals surface area contributed by atoms with Crippen molar-refractivity contribution in [2.75, 3.05) is 0 Å². The van der Waals surface area contributed by atoms with Crippen LogP contribution in [0.1, 0.15) is 76.2 Å². The second-order valence-corrected chi connectivity index (χ2v) is 14.2. The van der Waals surface area contributed by atoms with Crippen molar-refractivity contribution in [3.63, 3.8) is 0 Å². The van der Waals surface area contributed by atoms with E-state index in [1.165, 1.54) is 5.57 Å². The number of benzene rings is 1. The van der Waals surface area contributed by atoms with E-state index in [0.717, 1.165) is 29.6 Å². The molecule has 0 radical (unpaired) electrons. The summed E-state index contributed by atoms with van der Waals surface area (Å²) in [6.07, 6.45) is 11.6. The smallest absolute Gasteiger partial charge is 0.336 e. The Bertz CT molecular complexity index is 1380. The van der Waals surface area contributed by atoms with E-state index in [9.17, 15) is 18.3 Å². The summed E-state index contributed by atoms with van der Waals surface area (Å²) < 4.78 is 55.9. The zero-order chi connectivity index (χ0) is 26.4. The van der Waals surface area contributed by atoms with Crippen LogP contribution >= 0.6 is 0 Å². The lowest BCUT2D eigenvalue weighted by Gasteiger charge is -2.55. The van der Waals surface area contributed by atoms with Crippen molar-refractivity contribution in [1.82, 2.24) is 0 Å². The minimum atomic E-state index is -3.66. The Morgan fingerprint density at radius 2 is 1.78 bits per heavy atom. The van der Waals surface area contributed by atoms with Gasteiger partial charge in [0, 0.05) is 17.8 Å². The Kier molecular flexibility index (Phi) is 5.47. The average Bonchev–Trinajstić information content (AvgIpc) is 3.69. The predicted molar refractivity (Wildman–Crippen MR) is 136 cm³/mol. The summed E-state index contributed by atoms with van der Waals surface area (Å²) in [6.45, 7) is 1.77. The van der Waals surface area contributed by atoms with Gasteiger partial charge in [-0.1, -0.05) is 24.6 Å². The van der Waals surface area contributed by atoms with E-state index in [-0.39, 0.29) is 46.5 Å². The molecule has 0 saturated heterocycles. The summed E-state index contributed by atoms with van der Waals surface area (Å²) >= 11 is 0. The maximum Gasteiger partial charge on any atom is 0.336 e. The van der Waals surface area contributed by atoms with Crippen molar-refractivity contribution in [1.29, 1.82) is 0 Å². The highest BCUT2D eigenvalue weighted by Crippen LogP contribution is 2.69. The Morgan fingerprint density at radius 1 is 1.08 bits per heavy atom. The molecule has 7 heteroatoms. The fourth-order valence-electron chi connectivity index (χ4n) is 8.06. The van der Waals surface area contributed by atoms with E-state index in [4.69, 9.17) is 6.42 Å². The molecule has 1 aromatic carbocycles. The highest BCUT2D eigenvalue weighted by Gasteiger charge is 2.71. The van der Waals surface area contributed by atoms with Crippen LogP contribution < -0.4 is 0 Å². The molecule has 6 rings (SSSR count). The molecule has 5 atom stereocenters. The van der Waals surface area contributed by atoms with Gasteiger partial charge in [-0.05, 0) is 104 Å². The number of aliphatic hydroxyl groups is 1. The average molecular weight is 527 g/mol. The first-order valence-electron chi connectivity index (χ1n) is 13.3. The van der Waals surface area contributed by atoms with Gasteiger partial charge in [0.1, 0.15) is 5.60 Å². The van der Waals surface area contributed by atoms with E-state index < -0.39 is 26.8 Å². The fourth-order valence-corrected chi connectivity index (χ4v) is 9.72. The van der Waals surface area contributed by atoms with Crippen LogP contribution in [0.3, 0.4) is 0 Å². The van der Waals surface area contributed by atoms with Crippen LogP contribution in [0.4, 0.5) is 8.78 Å². The van der Waals surface area contributed by atoms with E-state index in [1.807, 2.05) is 12.1 Å². The molecule has 196 valence electrons. The van der Waals surface area contributed by atoms with Gasteiger partial charge in [-0.25, -0.2) is 8.42 Å². The van der Waals surface area contributed by atoms with Crippen LogP contribution in [0.15, 0.2) is 52.0 Å². The van der Waals surface area contributed by atoms with Gasteiger partial charge in [-0.3, -0.25) is 4.79 Å². The van der Waals surface area contributed by atoms with Gasteiger partial charge >= 0.3 is 5.92 Å². The first-order chi connectivity index (χ1) is 17.4. The number of halogens is 2. The van der Waals surface area contributed by atoms with Gasteiger partial charge in [-0.15, -0.1) is 6.42 Å². The molecule has 0 spiro atoms. The summed E-state index contributed by atoms with van der Waals surface area (Å²) in [6, 6.07) is 6.90. The molecule has 4 nitrogen and oxygen atoms in total. The standard InChI is InChI=1S/C30H32F2O4S/c1-3-30(31,32)29(34)15-14-26-24-12-6-19-16-20(33)7-13-23(19)27(24)25(17-28(26,29)2)18-4-8-21(9-5-18)37(35,36)22-10-11-22/h1,4-5,8-9,16,22,24-26,34H,6-7,10-15,17H2,2H3/t24?,25?,26?,28?,29-/m0/s1. The minimum Gasteiger partial charge on any atom is -0.382 e. The number of terminal acetylenes is 1. The van der Waals surface area contributed by atoms with Gasteiger partial charge < -0.3 is 5.11 Å². The monoisotopic (exact) mass is 526 g/mol. The van der Waals surface area contributed by atoms with Gasteiger partial charge in [0.2, 0.25) is 0 Å². The lowest BCUT2D eigenvalue weighted by Crippen LogP contribution is -2.60. The molecule has 5 aliphatic rings. The summed E-state index contributed by atoms with van der Waals surface area (Å²) in [5.41, 5.74) is 0.828. The van der Waals surface area contributed by atoms with Gasteiger partial charge in [0.25, 0.3) is 0 Å². The quantitative estimate of drug-likeness (QED) is 0.525. The van der Waals surface area contributed by atoms with E-state index >= 15 is 8.78 Å². The molecule has 3 saturated carbocycles. The van der Waals surface area contributed by atoms with Crippen LogP contribution in [0, 0.1) is 29.6 Å². The maximum atomic E-state index is 15.2. The van der Waals surface area contributed by atoms with Crippen molar-refractivity contribution in [2.24, 2.45) is 17.3 Å². The highest BCUT2D eigenvalue weighted by atomic mass is 32.2. The largest absolute Gasteiger partial charge is 0.382 e. The molecular weight excluding hydrogens is 494 g/mol. The van der Waals surface area contributed by atoms with Crippen molar-refractivity contribution in [2.45, 2.75) is 92.3 Å². The van der Waals surface area contributed by atoms with Crippen LogP contribution in [-0.2, 0) is 14.6 Å². The van der Waals surface area contributed by atoms with Crippen LogP contribution in [0.25, 0.3) is 0 Å². The molecule has 1 aromatic rings. The Morgan fingerprint density at radius 3 is 2.43 bits per heavy atom. The lowest BCUT2D eigenvalue weighted by atomic mass is 9.50. The second-order valence-electron chi connectivity index (χ2n) is 11.9. The van der Waals surface area contributed by atoms with Crippen molar-refractivity contribution in [3.8, 4) is 12.3 Å². The first kappa shape index (κ1) is 25.0. The third kappa shape index (κ3) is 3.48. The van der Waals surface area contributed by atoms with Crippen molar-refractivity contribution in [3.05, 3.63) is 52.6 Å². The van der Waals surface area contributed by atoms with E-state index in [2.05, 4.69) is 0 Å². The molecule has 3 fully saturated rings. The number of carbonyl (C=O) groups excluding carboxylic acids is 1. The fraction of sp³-hybridized carbons (Fsp3) is 0.567. The van der Waals surface area contributed by atoms with E-state index in [1.54, 1.807) is 31.1 Å². The number of ketones is 1. The second kappa shape index (κ2) is 8.10. The van der Waals surface area contributed by atoms with Crippen molar-refractivity contribution >= 4 is 15.6 Å². The summed E-state index contributed by atoms with van der Waals surface area (Å²) in [7, 11) is -3.35. The third-order valence-electron chi connectivity index (χ3n) is 10.2. The Labute approximate surface area is 217 Å². The third-order valence-corrected chi connectivity index (χ3v) is 12.4. The highest BCUT2D eigenvalue weighted by molar-refractivity contribution is 7.92. The number of hydrogen-bond acceptors (Lipinski definition) is 4. The summed E-state index contributed by atoms with van der Waals surface area (Å²) in [5, 5.41) is 11.3. The molecule has 0 aromatic heterocycles. The minimum absolute atomic E-state index is 0.00146. The number of fused-ring (bicyclic) bond motifs is 4. The molecule has 0 heterocycles. The SMILES string of the molecule is C#CC(F)(F)[C@]1(O)CCC2C3CCC4=CC(=O)CCC4=C3C(c3ccc(S(=O)(=O)C4CC4)cc3)CC21C. The van der Waals surface area contributed by atoms with Gasteiger partial charge in [0.15, 0.2) is 15.6 Å². The molecule has 37 heavy (non-hydrogen) atoms. The van der Waals surface area contributed by atoms with Crippen LogP contribution in [-0.4, -0.2) is 36.1 Å². The number of allylic oxidation sites excluding steroid dienone is 4. The molecule has 0 bridgehead atoms. The number of hydrogen-bond donors (Lipinski definition) is 1. The Hall–Kier alpha value is -2.30. The molecule has 1 N–H and O–H groups in total. The zero-order valence-corrected chi connectivity index (χ0v) is 21.8. The van der Waals surface area contributed by atoms with Gasteiger partial charge in [0.05, 0.1) is 10.1 Å². The number of carbonyl (C=O) groups is 1. The summed E-state index contributed by atoms with van der Waals surface area (Å²) in [5.74, 6) is -2.37. The lowest BCUT2D eigenvalue weighted by molar-refractivity contribution is -0.209. The molecule has 5 aliphatic carbocycles. The number of rotatable bonds is 4. The number of alkyl halides is 2. The van der Waals surface area contributed by atoms with Crippen LogP contribution in [0.2, 0.25) is 0 Å². The van der Waals surface area contributed by atoms with Gasteiger partial charge in [-0.2, -0.15) is 8.78 Å².